The Bertz CT molecular complexity index is 880. The predicted octanol–water partition coefficient (Wildman–Crippen LogP) is 8.04. The number of fused-ring (bicyclic) bond motifs is 1. The fourth-order valence-corrected chi connectivity index (χ4v) is 5.90. The molecule has 4 heteroatoms. The zero-order valence-corrected chi connectivity index (χ0v) is 19.4. The quantitative estimate of drug-likeness (QED) is 0.347. The predicted molar refractivity (Wildman–Crippen MR) is 125 cm³/mol. The van der Waals surface area contributed by atoms with Gasteiger partial charge >= 0.3 is 0 Å². The lowest BCUT2D eigenvalue weighted by Crippen LogP contribution is -2.18. The van der Waals surface area contributed by atoms with Crippen LogP contribution in [0.25, 0.3) is 11.1 Å². The fourth-order valence-electron chi connectivity index (χ4n) is 5.90. The first kappa shape index (κ1) is 23.1. The van der Waals surface area contributed by atoms with Crippen LogP contribution in [0.2, 0.25) is 0 Å². The van der Waals surface area contributed by atoms with Crippen molar-refractivity contribution < 1.29 is 18.3 Å². The summed E-state index contributed by atoms with van der Waals surface area (Å²) in [5.41, 5.74) is 0.872. The molecule has 0 heterocycles. The van der Waals surface area contributed by atoms with Crippen LogP contribution < -0.4 is 9.47 Å². The standard InChI is InChI=1S/C28H36F2O2/c1-3-5-17-31-26-16-15-25(27(29)28(26)30)20-7-11-22(12-8-20)32-18-21-10-14-23-19(6-4-2)9-13-24(21)23/h7-8,11-12,15-16,19,21,23-24H,3-6,9-10,13-14,17-18H2,1-2H3. The SMILES string of the molecule is CCCCOc1ccc(-c2ccc(OCC3CCC4C(CCC)CCC34)cc2)c(F)c1F. The molecule has 0 saturated heterocycles. The van der Waals surface area contributed by atoms with Gasteiger partial charge in [0.1, 0.15) is 5.75 Å². The number of ether oxygens (including phenoxy) is 2. The van der Waals surface area contributed by atoms with Crippen LogP contribution in [-0.2, 0) is 0 Å². The van der Waals surface area contributed by atoms with E-state index in [0.29, 0.717) is 18.1 Å². The zero-order valence-electron chi connectivity index (χ0n) is 19.4. The topological polar surface area (TPSA) is 18.5 Å². The molecule has 2 aliphatic rings. The lowest BCUT2D eigenvalue weighted by Gasteiger charge is -2.21. The van der Waals surface area contributed by atoms with Crippen LogP contribution in [0.15, 0.2) is 36.4 Å². The first-order chi connectivity index (χ1) is 15.6. The van der Waals surface area contributed by atoms with Crippen molar-refractivity contribution in [1.29, 1.82) is 0 Å². The van der Waals surface area contributed by atoms with Crippen molar-refractivity contribution >= 4 is 0 Å². The van der Waals surface area contributed by atoms with Gasteiger partial charge in [-0.25, -0.2) is 4.39 Å². The van der Waals surface area contributed by atoms with Crippen molar-refractivity contribution in [1.82, 2.24) is 0 Å². The minimum atomic E-state index is -0.923. The van der Waals surface area contributed by atoms with Crippen molar-refractivity contribution in [2.45, 2.75) is 65.2 Å². The summed E-state index contributed by atoms with van der Waals surface area (Å²) in [5, 5.41) is 0. The van der Waals surface area contributed by atoms with Gasteiger partial charge in [0.05, 0.1) is 13.2 Å². The van der Waals surface area contributed by atoms with E-state index in [0.717, 1.165) is 43.0 Å². The maximum Gasteiger partial charge on any atom is 0.201 e. The second-order valence-electron chi connectivity index (χ2n) is 9.57. The Kier molecular flexibility index (Phi) is 7.70. The molecule has 0 N–H and O–H groups in total. The molecule has 2 aromatic carbocycles. The molecule has 0 bridgehead atoms. The van der Waals surface area contributed by atoms with E-state index >= 15 is 0 Å². The Hall–Kier alpha value is -2.10. The molecule has 0 radical (unpaired) electrons. The Morgan fingerprint density at radius 2 is 1.50 bits per heavy atom. The summed E-state index contributed by atoms with van der Waals surface area (Å²) in [5.74, 6) is 2.27. The highest BCUT2D eigenvalue weighted by atomic mass is 19.2. The Morgan fingerprint density at radius 1 is 0.781 bits per heavy atom. The van der Waals surface area contributed by atoms with E-state index in [2.05, 4.69) is 6.92 Å². The molecular weight excluding hydrogens is 406 g/mol. The summed E-state index contributed by atoms with van der Waals surface area (Å²) in [6.45, 7) is 5.47. The zero-order chi connectivity index (χ0) is 22.5. The third kappa shape index (κ3) is 4.94. The van der Waals surface area contributed by atoms with E-state index in [1.165, 1.54) is 44.6 Å². The van der Waals surface area contributed by atoms with Crippen LogP contribution in [0.4, 0.5) is 8.78 Å². The monoisotopic (exact) mass is 442 g/mol. The van der Waals surface area contributed by atoms with Crippen LogP contribution in [0.1, 0.15) is 65.2 Å². The minimum absolute atomic E-state index is 0.0254. The summed E-state index contributed by atoms with van der Waals surface area (Å²) in [6.07, 6.45) is 9.78. The largest absolute Gasteiger partial charge is 0.493 e. The van der Waals surface area contributed by atoms with Gasteiger partial charge in [0, 0.05) is 5.56 Å². The smallest absolute Gasteiger partial charge is 0.201 e. The van der Waals surface area contributed by atoms with Crippen LogP contribution in [0, 0.1) is 35.3 Å². The van der Waals surface area contributed by atoms with E-state index in [1.54, 1.807) is 18.2 Å². The lowest BCUT2D eigenvalue weighted by atomic mass is 9.87. The average Bonchev–Trinajstić information content (AvgIpc) is 3.39. The Labute approximate surface area is 191 Å². The molecule has 0 amide bonds. The van der Waals surface area contributed by atoms with Gasteiger partial charge in [0.25, 0.3) is 0 Å². The maximum atomic E-state index is 14.6. The van der Waals surface area contributed by atoms with Crippen molar-refractivity contribution in [3.05, 3.63) is 48.0 Å². The Balaban J connectivity index is 1.35. The van der Waals surface area contributed by atoms with Gasteiger partial charge in [0.15, 0.2) is 11.6 Å². The highest BCUT2D eigenvalue weighted by Crippen LogP contribution is 2.52. The molecule has 174 valence electrons. The van der Waals surface area contributed by atoms with E-state index in [1.807, 2.05) is 19.1 Å². The van der Waals surface area contributed by atoms with E-state index < -0.39 is 11.6 Å². The first-order valence-electron chi connectivity index (χ1n) is 12.5. The van der Waals surface area contributed by atoms with Crippen LogP contribution in [0.5, 0.6) is 11.5 Å². The number of hydrogen-bond acceptors (Lipinski definition) is 2. The molecule has 2 aromatic rings. The van der Waals surface area contributed by atoms with Crippen LogP contribution in [0.3, 0.4) is 0 Å². The molecular formula is C28H36F2O2. The van der Waals surface area contributed by atoms with Gasteiger partial charge in [-0.15, -0.1) is 0 Å². The number of rotatable bonds is 10. The number of halogens is 2. The third-order valence-corrected chi connectivity index (χ3v) is 7.59. The van der Waals surface area contributed by atoms with Gasteiger partial charge in [-0.3, -0.25) is 0 Å². The van der Waals surface area contributed by atoms with E-state index in [-0.39, 0.29) is 11.3 Å². The first-order valence-corrected chi connectivity index (χ1v) is 12.5. The number of benzene rings is 2. The molecule has 0 spiro atoms. The molecule has 4 rings (SSSR count). The molecule has 4 atom stereocenters. The van der Waals surface area contributed by atoms with E-state index in [4.69, 9.17) is 9.47 Å². The van der Waals surface area contributed by atoms with Gasteiger partial charge in [-0.05, 0) is 85.6 Å². The minimum Gasteiger partial charge on any atom is -0.493 e. The summed E-state index contributed by atoms with van der Waals surface area (Å²) in [7, 11) is 0. The van der Waals surface area contributed by atoms with Crippen molar-refractivity contribution in [2.24, 2.45) is 23.7 Å². The summed E-state index contributed by atoms with van der Waals surface area (Å²) < 4.78 is 40.5. The normalized spacial score (nSPS) is 24.5. The van der Waals surface area contributed by atoms with Gasteiger partial charge < -0.3 is 9.47 Å². The summed E-state index contributed by atoms with van der Waals surface area (Å²) in [6, 6.07) is 10.4. The van der Waals surface area contributed by atoms with Crippen LogP contribution in [-0.4, -0.2) is 13.2 Å². The van der Waals surface area contributed by atoms with Gasteiger partial charge in [0.2, 0.25) is 5.82 Å². The second kappa shape index (κ2) is 10.7. The van der Waals surface area contributed by atoms with Gasteiger partial charge in [-0.1, -0.05) is 45.2 Å². The molecule has 2 aliphatic carbocycles. The summed E-state index contributed by atoms with van der Waals surface area (Å²) in [4.78, 5) is 0. The highest BCUT2D eigenvalue weighted by Gasteiger charge is 2.44. The Morgan fingerprint density at radius 3 is 2.22 bits per heavy atom. The molecule has 2 saturated carbocycles. The molecule has 32 heavy (non-hydrogen) atoms. The van der Waals surface area contributed by atoms with Gasteiger partial charge in [-0.2, -0.15) is 4.39 Å². The fraction of sp³-hybridized carbons (Fsp3) is 0.571. The second-order valence-corrected chi connectivity index (χ2v) is 9.57. The van der Waals surface area contributed by atoms with E-state index in [9.17, 15) is 8.78 Å². The van der Waals surface area contributed by atoms with Crippen LogP contribution >= 0.6 is 0 Å². The highest BCUT2D eigenvalue weighted by molar-refractivity contribution is 5.66. The van der Waals surface area contributed by atoms with Crippen molar-refractivity contribution in [3.63, 3.8) is 0 Å². The maximum absolute atomic E-state index is 14.6. The molecule has 2 fully saturated rings. The van der Waals surface area contributed by atoms with Crippen molar-refractivity contribution in [3.8, 4) is 22.6 Å². The lowest BCUT2D eigenvalue weighted by molar-refractivity contribution is 0.201. The number of unbranched alkanes of at least 4 members (excludes halogenated alkanes) is 1. The third-order valence-electron chi connectivity index (χ3n) is 7.59. The molecule has 0 aromatic heterocycles. The summed E-state index contributed by atoms with van der Waals surface area (Å²) >= 11 is 0. The number of hydrogen-bond donors (Lipinski definition) is 0. The molecule has 2 nitrogen and oxygen atoms in total. The van der Waals surface area contributed by atoms with Crippen molar-refractivity contribution in [2.75, 3.05) is 13.2 Å². The molecule has 4 unspecified atom stereocenters. The average molecular weight is 443 g/mol. The molecule has 0 aliphatic heterocycles.